The van der Waals surface area contributed by atoms with Crippen molar-refractivity contribution in [2.45, 2.75) is 58.9 Å². The van der Waals surface area contributed by atoms with E-state index >= 15 is 0 Å². The molecule has 0 saturated heterocycles. The van der Waals surface area contributed by atoms with Crippen LogP contribution in [0.15, 0.2) is 54.6 Å². The van der Waals surface area contributed by atoms with Gasteiger partial charge in [0, 0.05) is 18.0 Å². The summed E-state index contributed by atoms with van der Waals surface area (Å²) in [5.41, 5.74) is 2.12. The second-order valence-corrected chi connectivity index (χ2v) is 9.86. The summed E-state index contributed by atoms with van der Waals surface area (Å²) in [5.74, 6) is 1.22. The zero-order valence-electron chi connectivity index (χ0n) is 18.8. The van der Waals surface area contributed by atoms with Crippen molar-refractivity contribution in [2.75, 3.05) is 6.61 Å². The third kappa shape index (κ3) is 7.35. The molecule has 0 heterocycles. The Kier molecular flexibility index (Phi) is 8.08. The van der Waals surface area contributed by atoms with Gasteiger partial charge in [-0.3, -0.25) is 10.1 Å². The Morgan fingerprint density at radius 2 is 1.74 bits per heavy atom. The first kappa shape index (κ1) is 23.3. The van der Waals surface area contributed by atoms with E-state index in [-0.39, 0.29) is 5.91 Å². The van der Waals surface area contributed by atoms with Crippen LogP contribution >= 0.6 is 12.2 Å². The molecule has 1 aliphatic carbocycles. The Hall–Kier alpha value is -2.40. The van der Waals surface area contributed by atoms with Crippen LogP contribution in [-0.2, 0) is 6.42 Å². The molecule has 1 saturated carbocycles. The van der Waals surface area contributed by atoms with Gasteiger partial charge in [0.25, 0.3) is 5.91 Å². The van der Waals surface area contributed by atoms with Crippen molar-refractivity contribution >= 4 is 23.2 Å². The van der Waals surface area contributed by atoms with Gasteiger partial charge in [0.1, 0.15) is 5.75 Å². The minimum Gasteiger partial charge on any atom is -0.493 e. The molecule has 0 bridgehead atoms. The predicted octanol–water partition coefficient (Wildman–Crippen LogP) is 5.52. The number of hydrogen-bond acceptors (Lipinski definition) is 3. The predicted molar refractivity (Wildman–Crippen MR) is 130 cm³/mol. The van der Waals surface area contributed by atoms with Crippen LogP contribution in [0, 0.1) is 11.3 Å². The van der Waals surface area contributed by atoms with Gasteiger partial charge < -0.3 is 10.1 Å². The van der Waals surface area contributed by atoms with Gasteiger partial charge in [0.05, 0.1) is 6.61 Å². The Labute approximate surface area is 191 Å². The number of ether oxygens (including phenoxy) is 1. The topological polar surface area (TPSA) is 50.4 Å². The molecule has 1 amide bonds. The van der Waals surface area contributed by atoms with Gasteiger partial charge in [0.2, 0.25) is 0 Å². The highest BCUT2D eigenvalue weighted by Gasteiger charge is 2.29. The molecule has 4 nitrogen and oxygen atoms in total. The third-order valence-corrected chi connectivity index (χ3v) is 6.33. The molecule has 2 aromatic carbocycles. The van der Waals surface area contributed by atoms with Crippen LogP contribution in [-0.4, -0.2) is 23.7 Å². The molecule has 31 heavy (non-hydrogen) atoms. The van der Waals surface area contributed by atoms with Crippen molar-refractivity contribution in [1.82, 2.24) is 10.6 Å². The van der Waals surface area contributed by atoms with Gasteiger partial charge in [-0.15, -0.1) is 0 Å². The van der Waals surface area contributed by atoms with Crippen LogP contribution in [0.1, 0.15) is 62.4 Å². The molecule has 1 fully saturated rings. The highest BCUT2D eigenvalue weighted by molar-refractivity contribution is 7.80. The van der Waals surface area contributed by atoms with E-state index in [0.29, 0.717) is 34.5 Å². The summed E-state index contributed by atoms with van der Waals surface area (Å²) in [6.45, 7) is 7.51. The molecule has 0 radical (unpaired) electrons. The summed E-state index contributed by atoms with van der Waals surface area (Å²) in [4.78, 5) is 12.6. The first-order chi connectivity index (χ1) is 14.8. The third-order valence-electron chi connectivity index (χ3n) is 6.11. The fourth-order valence-corrected chi connectivity index (χ4v) is 4.42. The monoisotopic (exact) mass is 438 g/mol. The molecule has 2 aromatic rings. The maximum Gasteiger partial charge on any atom is 0.257 e. The largest absolute Gasteiger partial charge is 0.493 e. The Balaban J connectivity index is 1.44. The number of hydrogen-bond donors (Lipinski definition) is 2. The zero-order chi connectivity index (χ0) is 22.3. The number of thiocarbonyl (C=S) groups is 1. The number of carbonyl (C=O) groups excluding carboxylic acids is 1. The summed E-state index contributed by atoms with van der Waals surface area (Å²) >= 11 is 5.40. The van der Waals surface area contributed by atoms with Gasteiger partial charge in [0.15, 0.2) is 5.11 Å². The van der Waals surface area contributed by atoms with Crippen molar-refractivity contribution in [1.29, 1.82) is 0 Å². The lowest BCUT2D eigenvalue weighted by molar-refractivity contribution is 0.0975. The highest BCUT2D eigenvalue weighted by Crippen LogP contribution is 2.37. The van der Waals surface area contributed by atoms with Gasteiger partial charge in [-0.25, -0.2) is 0 Å². The van der Waals surface area contributed by atoms with Gasteiger partial charge in [-0.1, -0.05) is 57.2 Å². The highest BCUT2D eigenvalue weighted by atomic mass is 32.1. The van der Waals surface area contributed by atoms with Crippen molar-refractivity contribution in [3.63, 3.8) is 0 Å². The second kappa shape index (κ2) is 10.8. The van der Waals surface area contributed by atoms with E-state index in [1.165, 1.54) is 18.4 Å². The molecule has 0 spiro atoms. The zero-order valence-corrected chi connectivity index (χ0v) is 19.6. The average Bonchev–Trinajstić information content (AvgIpc) is 2.74. The summed E-state index contributed by atoms with van der Waals surface area (Å²) in [5, 5.41) is 6.55. The average molecular weight is 439 g/mol. The molecule has 5 heteroatoms. The number of rotatable bonds is 6. The van der Waals surface area contributed by atoms with E-state index in [1.807, 2.05) is 30.3 Å². The minimum atomic E-state index is -0.214. The minimum absolute atomic E-state index is 0.214. The van der Waals surface area contributed by atoms with Gasteiger partial charge in [-0.2, -0.15) is 0 Å². The fraction of sp³-hybridized carbons (Fsp3) is 0.462. The molecule has 0 aliphatic heterocycles. The molecule has 1 aliphatic rings. The standard InChI is InChI=1S/C26H34N2O2S/c1-26(2,3)21-12-14-22(15-13-21)27-25(31)28-24(29)20-10-7-11-23(18-20)30-17-16-19-8-5-4-6-9-19/h4-11,18,21-22H,12-17H2,1-3H3,(H2,27,28,29,31). The molecular weight excluding hydrogens is 404 g/mol. The summed E-state index contributed by atoms with van der Waals surface area (Å²) < 4.78 is 5.84. The molecule has 3 rings (SSSR count). The molecule has 0 unspecified atom stereocenters. The van der Waals surface area contributed by atoms with E-state index in [1.54, 1.807) is 12.1 Å². The molecular formula is C26H34N2O2S. The van der Waals surface area contributed by atoms with Crippen LogP contribution in [0.2, 0.25) is 0 Å². The summed E-state index contributed by atoms with van der Waals surface area (Å²) in [7, 11) is 0. The maximum absolute atomic E-state index is 12.6. The van der Waals surface area contributed by atoms with Crippen LogP contribution in [0.5, 0.6) is 5.75 Å². The first-order valence-electron chi connectivity index (χ1n) is 11.2. The number of amides is 1. The Bertz CT molecular complexity index is 868. The van der Waals surface area contributed by atoms with E-state index in [0.717, 1.165) is 25.2 Å². The fourth-order valence-electron chi connectivity index (χ4n) is 4.16. The van der Waals surface area contributed by atoms with E-state index < -0.39 is 0 Å². The number of benzene rings is 2. The Morgan fingerprint density at radius 3 is 2.42 bits per heavy atom. The SMILES string of the molecule is CC(C)(C)C1CCC(NC(=S)NC(=O)c2cccc(OCCc3ccccc3)c2)CC1. The molecule has 166 valence electrons. The quantitative estimate of drug-likeness (QED) is 0.583. The second-order valence-electron chi connectivity index (χ2n) is 9.45. The van der Waals surface area contributed by atoms with Crippen molar-refractivity contribution in [2.24, 2.45) is 11.3 Å². The van der Waals surface area contributed by atoms with Crippen LogP contribution in [0.4, 0.5) is 0 Å². The van der Waals surface area contributed by atoms with Crippen molar-refractivity contribution in [3.05, 3.63) is 65.7 Å². The van der Waals surface area contributed by atoms with Crippen LogP contribution in [0.3, 0.4) is 0 Å². The van der Waals surface area contributed by atoms with Gasteiger partial charge in [-0.05, 0) is 73.0 Å². The summed E-state index contributed by atoms with van der Waals surface area (Å²) in [6, 6.07) is 17.8. The smallest absolute Gasteiger partial charge is 0.257 e. The molecule has 0 aromatic heterocycles. The molecule has 2 N–H and O–H groups in total. The van der Waals surface area contributed by atoms with Crippen LogP contribution < -0.4 is 15.4 Å². The molecule has 0 atom stereocenters. The lowest BCUT2D eigenvalue weighted by Crippen LogP contribution is -2.46. The van der Waals surface area contributed by atoms with Crippen molar-refractivity contribution in [3.8, 4) is 5.75 Å². The number of nitrogens with one attached hydrogen (secondary N) is 2. The van der Waals surface area contributed by atoms with E-state index in [9.17, 15) is 4.79 Å². The first-order valence-corrected chi connectivity index (χ1v) is 11.6. The van der Waals surface area contributed by atoms with Crippen LogP contribution in [0.25, 0.3) is 0 Å². The number of carbonyl (C=O) groups is 1. The van der Waals surface area contributed by atoms with Crippen molar-refractivity contribution < 1.29 is 9.53 Å². The lowest BCUT2D eigenvalue weighted by Gasteiger charge is -2.37. The summed E-state index contributed by atoms with van der Waals surface area (Å²) in [6.07, 6.45) is 5.38. The van der Waals surface area contributed by atoms with Gasteiger partial charge >= 0.3 is 0 Å². The normalized spacial score (nSPS) is 18.8. The van der Waals surface area contributed by atoms with E-state index in [2.05, 4.69) is 43.5 Å². The van der Waals surface area contributed by atoms with E-state index in [4.69, 9.17) is 17.0 Å². The maximum atomic E-state index is 12.6. The Morgan fingerprint density at radius 1 is 1.03 bits per heavy atom. The lowest BCUT2D eigenvalue weighted by atomic mass is 9.71.